The van der Waals surface area contributed by atoms with Crippen LogP contribution in [0.3, 0.4) is 0 Å². The summed E-state index contributed by atoms with van der Waals surface area (Å²) in [6, 6.07) is 0. The van der Waals surface area contributed by atoms with Crippen molar-refractivity contribution >= 4 is 0 Å². The molecule has 0 spiro atoms. The van der Waals surface area contributed by atoms with Crippen LogP contribution in [0.15, 0.2) is 0 Å². The Hall–Kier alpha value is 0.219. The van der Waals surface area contributed by atoms with E-state index >= 15 is 0 Å². The van der Waals surface area contributed by atoms with E-state index in [1.807, 2.05) is 0 Å². The zero-order valence-electron chi connectivity index (χ0n) is 15.3. The maximum atomic E-state index is 2.20. The fourth-order valence-electron chi connectivity index (χ4n) is 2.81. The number of hydrogen-bond donors (Lipinski definition) is 0. The average molecular weight is 444 g/mol. The smallest absolute Gasteiger partial charge is 0 e. The second-order valence-corrected chi connectivity index (χ2v) is 6.25. The first-order valence-electron chi connectivity index (χ1n) is 7.50. The van der Waals surface area contributed by atoms with Crippen molar-refractivity contribution in [2.75, 3.05) is 0 Å². The molecule has 2 rings (SSSR count). The molecule has 2 aromatic rings. The summed E-state index contributed by atoms with van der Waals surface area (Å²) in [6.45, 7) is 22.0. The third-order valence-electron chi connectivity index (χ3n) is 5.62. The van der Waals surface area contributed by atoms with E-state index in [9.17, 15) is 0 Å². The van der Waals surface area contributed by atoms with Crippen molar-refractivity contribution in [2.45, 2.75) is 69.2 Å². The summed E-state index contributed by atoms with van der Waals surface area (Å²) >= 11 is 0. The summed E-state index contributed by atoms with van der Waals surface area (Å²) in [7, 11) is 0. The Morgan fingerprint density at radius 1 is 0.476 bits per heavy atom. The van der Waals surface area contributed by atoms with Gasteiger partial charge in [0, 0.05) is 46.9 Å². The fraction of sp³-hybridized carbons (Fsp3) is 0.500. The quantitative estimate of drug-likeness (QED) is 0.445. The zero-order valence-corrected chi connectivity index (χ0v) is 17.0. The summed E-state index contributed by atoms with van der Waals surface area (Å²) in [4.78, 5) is 0. The molecule has 0 aliphatic rings. The first-order valence-corrected chi connectivity index (χ1v) is 7.50. The molecule has 0 fully saturated rings. The van der Waals surface area contributed by atoms with E-state index in [0.717, 1.165) is 0 Å². The Balaban J connectivity index is 0.000000364. The van der Waals surface area contributed by atoms with Gasteiger partial charge in [-0.05, 0) is 0 Å². The first kappa shape index (κ1) is 21.2. The second kappa shape index (κ2) is 8.18. The predicted molar refractivity (Wildman–Crippen MR) is 91.4 cm³/mol. The van der Waals surface area contributed by atoms with Gasteiger partial charge in [-0.1, -0.05) is 34.6 Å². The Morgan fingerprint density at radius 3 is 0.762 bits per heavy atom. The van der Waals surface area contributed by atoms with Crippen LogP contribution in [0.4, 0.5) is 0 Å². The Labute approximate surface area is 170 Å². The minimum atomic E-state index is 0. The number of hydrogen-bond acceptors (Lipinski definition) is 0. The van der Waals surface area contributed by atoms with E-state index in [4.69, 9.17) is 0 Å². The molecule has 0 aliphatic carbocycles. The molecule has 1 heteroatoms. The van der Waals surface area contributed by atoms with E-state index in [2.05, 4.69) is 69.2 Å². The van der Waals surface area contributed by atoms with Gasteiger partial charge in [0.2, 0.25) is 0 Å². The molecule has 0 atom stereocenters. The van der Waals surface area contributed by atoms with Crippen LogP contribution in [0.5, 0.6) is 0 Å². The van der Waals surface area contributed by atoms with Crippen molar-refractivity contribution in [3.63, 3.8) is 0 Å². The minimum absolute atomic E-state index is 0. The van der Waals surface area contributed by atoms with Gasteiger partial charge in [-0.3, -0.25) is 0 Å². The zero-order chi connectivity index (χ0) is 15.8. The van der Waals surface area contributed by atoms with Crippen LogP contribution in [0.1, 0.15) is 55.6 Å². The van der Waals surface area contributed by atoms with Crippen LogP contribution in [0.2, 0.25) is 0 Å². The van der Waals surface area contributed by atoms with Crippen LogP contribution >= 0.6 is 0 Å². The summed E-state index contributed by atoms with van der Waals surface area (Å²) < 4.78 is 0. The Bertz CT molecular complexity index is 404. The molecule has 0 N–H and O–H groups in total. The minimum Gasteiger partial charge on any atom is -0.731 e. The third-order valence-corrected chi connectivity index (χ3v) is 5.62. The second-order valence-electron chi connectivity index (χ2n) is 6.25. The SMILES string of the molecule is C[c-]1[c-](C)[c-](C)[c-](C)[c-]1C.Cc1c(C)c(C)[c-](C)c1C.[Yb]. The number of rotatable bonds is 0. The van der Waals surface area contributed by atoms with Gasteiger partial charge >= 0.3 is 0 Å². The van der Waals surface area contributed by atoms with Crippen LogP contribution in [-0.4, -0.2) is 0 Å². The average Bonchev–Trinajstić information content (AvgIpc) is 2.71. The van der Waals surface area contributed by atoms with E-state index in [-0.39, 0.29) is 46.9 Å². The maximum Gasteiger partial charge on any atom is 0 e. The van der Waals surface area contributed by atoms with Crippen molar-refractivity contribution in [3.8, 4) is 0 Å². The van der Waals surface area contributed by atoms with Crippen molar-refractivity contribution in [1.82, 2.24) is 0 Å². The molecule has 0 saturated carbocycles. The molecule has 0 aliphatic heterocycles. The molecule has 0 amide bonds. The van der Waals surface area contributed by atoms with E-state index in [0.29, 0.717) is 0 Å². The molecule has 0 aromatic heterocycles. The Morgan fingerprint density at radius 2 is 0.667 bits per heavy atom. The molecule has 2 aromatic carbocycles. The van der Waals surface area contributed by atoms with Gasteiger partial charge in [0.15, 0.2) is 0 Å². The fourth-order valence-corrected chi connectivity index (χ4v) is 2.81. The van der Waals surface area contributed by atoms with Crippen molar-refractivity contribution < 1.29 is 46.9 Å². The van der Waals surface area contributed by atoms with Crippen LogP contribution < -0.4 is 0 Å². The summed E-state index contributed by atoms with van der Waals surface area (Å²) in [5.41, 5.74) is 14.7. The molecule has 0 saturated heterocycles. The van der Waals surface area contributed by atoms with E-state index in [1.54, 1.807) is 0 Å². The van der Waals surface area contributed by atoms with Crippen molar-refractivity contribution in [2.24, 2.45) is 0 Å². The van der Waals surface area contributed by atoms with Gasteiger partial charge in [-0.2, -0.15) is 27.8 Å². The van der Waals surface area contributed by atoms with Gasteiger partial charge in [0.1, 0.15) is 0 Å². The van der Waals surface area contributed by atoms with Gasteiger partial charge in [-0.25, -0.2) is 34.6 Å². The van der Waals surface area contributed by atoms with Crippen LogP contribution in [0.25, 0.3) is 0 Å². The third kappa shape index (κ3) is 4.15. The maximum absolute atomic E-state index is 2.20. The van der Waals surface area contributed by atoms with Crippen molar-refractivity contribution in [1.29, 1.82) is 0 Å². The molecule has 0 nitrogen and oxygen atoms in total. The van der Waals surface area contributed by atoms with E-state index in [1.165, 1.54) is 55.6 Å². The normalized spacial score (nSPS) is 10.0. The monoisotopic (exact) mass is 444 g/mol. The summed E-state index contributed by atoms with van der Waals surface area (Å²) in [5, 5.41) is 0. The molecule has 0 heterocycles. The van der Waals surface area contributed by atoms with Gasteiger partial charge in [0.25, 0.3) is 0 Å². The predicted octanol–water partition coefficient (Wildman–Crippen LogP) is 5.90. The molecule has 130 valence electrons. The largest absolute Gasteiger partial charge is 0.731 e. The topological polar surface area (TPSA) is 0 Å². The van der Waals surface area contributed by atoms with E-state index < -0.39 is 0 Å². The van der Waals surface area contributed by atoms with Crippen LogP contribution in [-0.2, 0) is 0 Å². The van der Waals surface area contributed by atoms with Gasteiger partial charge in [-0.15, -0.1) is 0 Å². The summed E-state index contributed by atoms with van der Waals surface area (Å²) in [6.07, 6.45) is 0. The van der Waals surface area contributed by atoms with Gasteiger partial charge in [0.05, 0.1) is 0 Å². The van der Waals surface area contributed by atoms with Crippen LogP contribution in [0, 0.1) is 116 Å². The molecule has 0 unspecified atom stereocenters. The Kier molecular flexibility index (Phi) is 8.26. The molecule has 0 radical (unpaired) electrons. The standard InChI is InChI=1S/2C10H15.Yb/c2*1-6-7(2)9(4)10(5)8(6)3;/h2*1-5H3;/q-5;-1;. The molecule has 0 bridgehead atoms. The summed E-state index contributed by atoms with van der Waals surface area (Å²) in [5.74, 6) is 0. The molecular formula is C20H30Yb-6. The van der Waals surface area contributed by atoms with Crippen molar-refractivity contribution in [3.05, 3.63) is 55.6 Å². The molecule has 21 heavy (non-hydrogen) atoms. The first-order chi connectivity index (χ1) is 9.11. The van der Waals surface area contributed by atoms with Gasteiger partial charge < -0.3 is 27.8 Å². The molecular weight excluding hydrogens is 413 g/mol.